The number of benzene rings is 10. The van der Waals surface area contributed by atoms with E-state index in [0.717, 1.165) is 203 Å². The van der Waals surface area contributed by atoms with E-state index in [1.165, 1.54) is 0 Å². The minimum absolute atomic E-state index is 0. The van der Waals surface area contributed by atoms with Crippen LogP contribution < -0.4 is 19.8 Å². The molecule has 6 aliphatic heterocycles. The Hall–Kier alpha value is -12.0. The van der Waals surface area contributed by atoms with E-state index in [1.54, 1.807) is 22.7 Å². The molecule has 0 saturated heterocycles. The maximum Gasteiger partial charge on any atom is 2.00 e. The molecule has 0 radical (unpaired) electrons. The van der Waals surface area contributed by atoms with Gasteiger partial charge in [0, 0.05) is 115 Å². The van der Waals surface area contributed by atoms with Crippen LogP contribution in [0.1, 0.15) is 167 Å². The van der Waals surface area contributed by atoms with Crippen LogP contribution in [0, 0.1) is 47.2 Å². The fourth-order valence-corrected chi connectivity index (χ4v) is 20.7. The second kappa shape index (κ2) is 38.1. The Bertz CT molecular complexity index is 7330. The first-order valence-corrected chi connectivity index (χ1v) is 48.0. The first-order chi connectivity index (χ1) is 65.1. The summed E-state index contributed by atoms with van der Waals surface area (Å²) in [7, 11) is 4.04. The molecule has 6 aliphatic rings. The van der Waals surface area contributed by atoms with Gasteiger partial charge in [-0.3, -0.25) is 28.3 Å². The first-order valence-electron chi connectivity index (χ1n) is 46.3. The fourth-order valence-electron chi connectivity index (χ4n) is 18.6. The summed E-state index contributed by atoms with van der Waals surface area (Å²) >= 11 is 3.34. The average Bonchev–Trinajstić information content (AvgIpc) is 1.58. The average molecular weight is 2590 g/mol. The summed E-state index contributed by atoms with van der Waals surface area (Å²) in [4.78, 5) is 55.5. The molecule has 0 spiro atoms. The van der Waals surface area contributed by atoms with Gasteiger partial charge >= 0.3 is 84.3 Å². The maximum absolute atomic E-state index is 5.28. The first kappa shape index (κ1) is 99.6. The predicted octanol–water partition coefficient (Wildman–Crippen LogP) is 26.9. The van der Waals surface area contributed by atoms with Crippen molar-refractivity contribution in [1.82, 2.24) is 58.1 Å². The van der Waals surface area contributed by atoms with Gasteiger partial charge in [-0.1, -0.05) is 231 Å². The van der Waals surface area contributed by atoms with Gasteiger partial charge in [-0.25, -0.2) is 63.3 Å². The molecule has 10 aromatic carbocycles. The second-order valence-corrected chi connectivity index (χ2v) is 41.9. The van der Waals surface area contributed by atoms with Crippen molar-refractivity contribution < 1.29 is 84.3 Å². The van der Waals surface area contributed by atoms with E-state index < -0.39 is 10.8 Å². The normalized spacial score (nSPS) is 16.2. The third-order valence-corrected chi connectivity index (χ3v) is 29.6. The third-order valence-electron chi connectivity index (χ3n) is 27.8. The van der Waals surface area contributed by atoms with Crippen molar-refractivity contribution in [1.29, 1.82) is 0 Å². The van der Waals surface area contributed by atoms with Crippen molar-refractivity contribution in [3.63, 3.8) is 0 Å². The Morgan fingerprint density at radius 2 is 0.557 bits per heavy atom. The van der Waals surface area contributed by atoms with Gasteiger partial charge < -0.3 is 19.8 Å². The minimum Gasteiger partial charge on any atom is -0.662 e. The number of anilines is 4. The number of para-hydroxylation sites is 4. The number of fused-ring (bicyclic) bond motifs is 38. The Labute approximate surface area is 886 Å². The summed E-state index contributed by atoms with van der Waals surface area (Å²) < 4.78 is 8.51. The maximum atomic E-state index is 5.28. The molecule has 0 aliphatic carbocycles. The number of rotatable bonds is 4. The number of aliphatic imine (C=N–C) groups is 2. The van der Waals surface area contributed by atoms with Crippen molar-refractivity contribution in [2.75, 3.05) is 23.9 Å². The molecule has 140 heavy (non-hydrogen) atoms. The summed E-state index contributed by atoms with van der Waals surface area (Å²) in [6, 6.07) is 109. The summed E-state index contributed by atoms with van der Waals surface area (Å²) in [5.41, 5.74) is 26.5. The molecule has 8 aromatic heterocycles. The van der Waals surface area contributed by atoms with E-state index in [0.29, 0.717) is 0 Å². The number of aromatic nitrogens is 12. The number of imidazole rings is 4. The Morgan fingerprint density at radius 1 is 0.271 bits per heavy atom. The van der Waals surface area contributed by atoms with E-state index in [9.17, 15) is 0 Å². The number of hydrogen-bond donors (Lipinski definition) is 0. The van der Waals surface area contributed by atoms with Crippen LogP contribution in [0.15, 0.2) is 324 Å². The van der Waals surface area contributed by atoms with Gasteiger partial charge in [-0.2, -0.15) is 121 Å². The SMILES string of the molecule is CC1(C)C=C2N=C1C1=NC(=CC1(C)C)C(C)(C)c1[c-]c(ccc1)-c1[c-]c(ccc1)C2(C)C.CC1(C)c2[c-]c(ccc2)-c2[c-]c(ccc2)C(C)(C)c2csc(n2)-c2nc1cs2.CC1(C)c2cn(-c3ccccc3)c(n2)-c2nc(cn2-c2ccccc2)C(C)(C)c2ccc([n-]2)-c2ccc1[n-]2.CN1c2[c-]c(ccc2)-c2[c-]c(ccc2)N(C)c2cn(-c3ccccc3)c(n2)-c2nc1cn2-c1ccccc1.[Pt+2].[Pt+2].[Pt+2].[Pt+2]. The van der Waals surface area contributed by atoms with Gasteiger partial charge in [0.15, 0.2) is 44.9 Å². The van der Waals surface area contributed by atoms with Gasteiger partial charge in [-0.05, 0) is 48.5 Å². The van der Waals surface area contributed by atoms with E-state index >= 15 is 0 Å². The summed E-state index contributed by atoms with van der Waals surface area (Å²) in [6.07, 6.45) is 13.0. The molecule has 18 aromatic rings. The molecule has 14 heterocycles. The third kappa shape index (κ3) is 18.1. The van der Waals surface area contributed by atoms with Crippen LogP contribution in [0.2, 0.25) is 0 Å². The molecule has 32 bridgehead atoms. The summed E-state index contributed by atoms with van der Waals surface area (Å²) in [6.45, 7) is 35.6. The molecule has 0 amide bonds. The molecule has 0 atom stereocenters. The van der Waals surface area contributed by atoms with Crippen LogP contribution in [-0.4, -0.2) is 73.7 Å². The molecule has 708 valence electrons. The zero-order valence-corrected chi connectivity index (χ0v) is 91.8. The van der Waals surface area contributed by atoms with Crippen LogP contribution in [0.4, 0.5) is 23.0 Å². The predicted molar refractivity (Wildman–Crippen MR) is 552 cm³/mol. The molecule has 0 fully saturated rings. The van der Waals surface area contributed by atoms with Crippen LogP contribution in [0.5, 0.6) is 0 Å². The van der Waals surface area contributed by atoms with E-state index in [2.05, 4.69) is 405 Å². The molecular weight excluding hydrogens is 2490 g/mol. The molecule has 24 rings (SSSR count). The Kier molecular flexibility index (Phi) is 27.1. The van der Waals surface area contributed by atoms with Gasteiger partial charge in [0.25, 0.3) is 0 Å². The number of nitrogens with zero attached hydrogens (tertiary/aromatic N) is 16. The fraction of sp³-hybridized carbons (Fsp3) is 0.220. The molecule has 0 unspecified atom stereocenters. The zero-order chi connectivity index (χ0) is 94.3. The quantitative estimate of drug-likeness (QED) is 0.155. The van der Waals surface area contributed by atoms with E-state index in [1.807, 2.05) is 86.9 Å². The van der Waals surface area contributed by atoms with Crippen LogP contribution >= 0.6 is 22.7 Å². The van der Waals surface area contributed by atoms with Crippen molar-refractivity contribution in [3.8, 4) is 101 Å². The van der Waals surface area contributed by atoms with Crippen molar-refractivity contribution in [3.05, 3.63) is 407 Å². The van der Waals surface area contributed by atoms with Crippen molar-refractivity contribution in [2.45, 2.75) is 143 Å². The van der Waals surface area contributed by atoms with Gasteiger partial charge in [0.2, 0.25) is 0 Å². The van der Waals surface area contributed by atoms with Gasteiger partial charge in [0.05, 0.1) is 46.6 Å². The number of thiazole rings is 2. The summed E-state index contributed by atoms with van der Waals surface area (Å²) in [5.74, 6) is 4.64. The van der Waals surface area contributed by atoms with E-state index in [-0.39, 0.29) is 117 Å². The summed E-state index contributed by atoms with van der Waals surface area (Å²) in [5, 5.41) is 6.30. The standard InChI is InChI=1S/C32H28N6.C32H24N6.C30H32N2.C24H20N2S2.4Pt/c1-31(2)25-17-15-23(33-25)24-16-18-26(34-24)32(3,4)28-20-38(22-13-9-6-10-14-22)30(36-28)29-35-27(31)19-37(29)21-11-7-5-8-12-21;1-35-27-17-9-11-23(19-27)24-12-10-18-28(20-24)36(2)30-22-38(26-15-7-4-8-16-26)32(34-30)31-33-29(35)21-37(31)25-13-5-3-6-14-25;1-27(2)17-23-29(5,6)21-13-9-11-19(15-21)20-12-10-14-22(16-20)30(7,8)24-18-28(3,4)26(32-24)25(27)31-23;1-23(2)17-9-5-7-15(11-17)16-8-6-10-18(12-16)24(3,4)20-14-28-22(26-20)21-25-19(23)13-27-21;;;;/h5-20H,1-4H3;3-18,21-22H,1-2H3;9-14,17-18H,1-8H3;5-10,13-14H,1-4H3;;;;/q4*-2;4*+2. The monoisotopic (exact) mass is 2590 g/mol. The molecule has 22 heteroatoms. The Morgan fingerprint density at radius 3 is 0.879 bits per heavy atom. The smallest absolute Gasteiger partial charge is 0.662 e. The Balaban J connectivity index is 0.000000128. The zero-order valence-electron chi connectivity index (χ0n) is 81.1. The number of hydrogen-bond acceptors (Lipinski definition) is 12. The molecule has 0 saturated carbocycles. The molecule has 16 nitrogen and oxygen atoms in total. The van der Waals surface area contributed by atoms with Gasteiger partial charge in [-0.15, -0.1) is 92.7 Å². The van der Waals surface area contributed by atoms with Crippen LogP contribution in [-0.2, 0) is 117 Å². The minimum atomic E-state index is -0.432. The molecular formula is C118H104N16Pt4S2. The van der Waals surface area contributed by atoms with Crippen LogP contribution in [0.25, 0.3) is 101 Å². The largest absolute Gasteiger partial charge is 2.00 e. The molecule has 0 N–H and O–H groups in total. The van der Waals surface area contributed by atoms with Crippen molar-refractivity contribution >= 4 is 57.1 Å². The topological polar surface area (TPSA) is 156 Å². The van der Waals surface area contributed by atoms with E-state index in [4.69, 9.17) is 49.9 Å². The van der Waals surface area contributed by atoms with Gasteiger partial charge in [0.1, 0.15) is 0 Å². The van der Waals surface area contributed by atoms with Crippen molar-refractivity contribution in [2.24, 2.45) is 20.8 Å². The second-order valence-electron chi connectivity index (χ2n) is 40.2. The number of allylic oxidation sites excluding steroid dienone is 4. The van der Waals surface area contributed by atoms with Crippen LogP contribution in [0.3, 0.4) is 0 Å².